The van der Waals surface area contributed by atoms with Crippen molar-refractivity contribution in [3.8, 4) is 0 Å². The molecule has 0 amide bonds. The van der Waals surface area contributed by atoms with Crippen molar-refractivity contribution in [2.24, 2.45) is 17.6 Å². The molecule has 2 saturated heterocycles. The van der Waals surface area contributed by atoms with Crippen LogP contribution < -0.4 is 21.8 Å². The van der Waals surface area contributed by atoms with Gasteiger partial charge in [-0.25, -0.2) is 5.01 Å². The summed E-state index contributed by atoms with van der Waals surface area (Å²) >= 11 is 0. The van der Waals surface area contributed by atoms with Crippen molar-refractivity contribution in [3.05, 3.63) is 0 Å². The van der Waals surface area contributed by atoms with Crippen LogP contribution in [0.15, 0.2) is 0 Å². The molecule has 0 aromatic carbocycles. The number of nitrogens with two attached hydrogens (primary N) is 1. The number of hydrazine groups is 1. The van der Waals surface area contributed by atoms with E-state index in [0.29, 0.717) is 30.3 Å². The Hall–Kier alpha value is -0.200. The van der Waals surface area contributed by atoms with Gasteiger partial charge in [0.1, 0.15) is 0 Å². The summed E-state index contributed by atoms with van der Waals surface area (Å²) in [4.78, 5) is 0. The van der Waals surface area contributed by atoms with Crippen molar-refractivity contribution in [2.75, 3.05) is 13.6 Å². The molecule has 6 unspecified atom stereocenters. The summed E-state index contributed by atoms with van der Waals surface area (Å²) in [6.45, 7) is 1.17. The van der Waals surface area contributed by atoms with Gasteiger partial charge in [0.15, 0.2) is 0 Å². The molecule has 5 heteroatoms. The molecule has 2 saturated carbocycles. The topological polar surface area (TPSA) is 65.3 Å². The van der Waals surface area contributed by atoms with Gasteiger partial charge in [-0.2, -0.15) is 0 Å². The predicted molar refractivity (Wildman–Crippen MR) is 93.7 cm³/mol. The molecule has 0 radical (unpaired) electrons. The number of hydrogen-bond acceptors (Lipinski definition) is 5. The molecule has 2 aliphatic heterocycles. The highest BCUT2D eigenvalue weighted by Crippen LogP contribution is 2.35. The van der Waals surface area contributed by atoms with E-state index in [1.54, 1.807) is 0 Å². The molecule has 5 nitrogen and oxygen atoms in total. The van der Waals surface area contributed by atoms with E-state index in [1.165, 1.54) is 57.9 Å². The van der Waals surface area contributed by atoms with Gasteiger partial charge in [-0.15, -0.1) is 0 Å². The Kier molecular flexibility index (Phi) is 4.93. The van der Waals surface area contributed by atoms with Gasteiger partial charge in [0.2, 0.25) is 0 Å². The Morgan fingerprint density at radius 1 is 0.913 bits per heavy atom. The molecule has 4 aliphatic rings. The Morgan fingerprint density at radius 2 is 1.74 bits per heavy atom. The zero-order chi connectivity index (χ0) is 15.8. The Bertz CT molecular complexity index is 397. The van der Waals surface area contributed by atoms with Gasteiger partial charge < -0.3 is 5.73 Å². The van der Waals surface area contributed by atoms with Crippen molar-refractivity contribution in [1.82, 2.24) is 21.1 Å². The molecule has 4 fully saturated rings. The Labute approximate surface area is 141 Å². The number of hydrogen-bond donors (Lipinski definition) is 4. The summed E-state index contributed by atoms with van der Waals surface area (Å²) in [5.74, 6) is 1.54. The highest BCUT2D eigenvalue weighted by molar-refractivity contribution is 5.04. The molecule has 23 heavy (non-hydrogen) atoms. The lowest BCUT2D eigenvalue weighted by atomic mass is 9.72. The normalized spacial score (nSPS) is 46.7. The minimum Gasteiger partial charge on any atom is -0.328 e. The fraction of sp³-hybridized carbons (Fsp3) is 1.00. The van der Waals surface area contributed by atoms with Crippen molar-refractivity contribution in [1.29, 1.82) is 0 Å². The molecule has 2 heterocycles. The second-order valence-electron chi connectivity index (χ2n) is 8.52. The van der Waals surface area contributed by atoms with E-state index in [2.05, 4.69) is 28.1 Å². The van der Waals surface area contributed by atoms with E-state index in [-0.39, 0.29) is 0 Å². The van der Waals surface area contributed by atoms with Gasteiger partial charge in [-0.3, -0.25) is 16.1 Å². The van der Waals surface area contributed by atoms with E-state index in [4.69, 9.17) is 5.73 Å². The molecular weight excluding hydrogens is 286 g/mol. The van der Waals surface area contributed by atoms with Crippen LogP contribution in [-0.2, 0) is 0 Å². The second kappa shape index (κ2) is 6.96. The minimum absolute atomic E-state index is 0.397. The fourth-order valence-electron chi connectivity index (χ4n) is 5.62. The van der Waals surface area contributed by atoms with Crippen LogP contribution in [0.2, 0.25) is 0 Å². The van der Waals surface area contributed by atoms with Crippen LogP contribution in [-0.4, -0.2) is 48.9 Å². The maximum Gasteiger partial charge on any atom is 0.0605 e. The molecule has 5 N–H and O–H groups in total. The first-order valence-corrected chi connectivity index (χ1v) is 9.95. The van der Waals surface area contributed by atoms with E-state index < -0.39 is 0 Å². The fourth-order valence-corrected chi connectivity index (χ4v) is 5.62. The molecule has 0 aromatic rings. The van der Waals surface area contributed by atoms with Gasteiger partial charge in [-0.05, 0) is 50.4 Å². The number of rotatable bonds is 2. The number of nitrogens with zero attached hydrogens (tertiary/aromatic N) is 1. The monoisotopic (exact) mass is 321 g/mol. The summed E-state index contributed by atoms with van der Waals surface area (Å²) in [6.07, 6.45) is 12.4. The van der Waals surface area contributed by atoms with Crippen LogP contribution in [0.3, 0.4) is 0 Å². The summed E-state index contributed by atoms with van der Waals surface area (Å²) in [5.41, 5.74) is 10.0. The molecule has 0 spiro atoms. The predicted octanol–water partition coefficient (Wildman–Crippen LogP) is 1.16. The highest BCUT2D eigenvalue weighted by Gasteiger charge is 2.45. The molecule has 6 atom stereocenters. The lowest BCUT2D eigenvalue weighted by molar-refractivity contribution is 0.0571. The van der Waals surface area contributed by atoms with Crippen molar-refractivity contribution in [3.63, 3.8) is 0 Å². The molecule has 4 rings (SSSR count). The van der Waals surface area contributed by atoms with Gasteiger partial charge in [-0.1, -0.05) is 19.3 Å². The second-order valence-corrected chi connectivity index (χ2v) is 8.52. The molecular formula is C18H35N5. The third kappa shape index (κ3) is 3.45. The zero-order valence-electron chi connectivity index (χ0n) is 14.6. The summed E-state index contributed by atoms with van der Waals surface area (Å²) in [5, 5.41) is 10.3. The molecule has 132 valence electrons. The van der Waals surface area contributed by atoms with Crippen molar-refractivity contribution in [2.45, 2.75) is 88.1 Å². The third-order valence-electron chi connectivity index (χ3n) is 6.89. The van der Waals surface area contributed by atoms with Gasteiger partial charge in [0.05, 0.1) is 6.17 Å². The number of nitrogens with one attached hydrogen (secondary N) is 3. The van der Waals surface area contributed by atoms with Gasteiger partial charge in [0, 0.05) is 37.8 Å². The van der Waals surface area contributed by atoms with E-state index >= 15 is 0 Å². The minimum atomic E-state index is 0.397. The Balaban J connectivity index is 1.50. The van der Waals surface area contributed by atoms with Crippen molar-refractivity contribution >= 4 is 0 Å². The lowest BCUT2D eigenvalue weighted by Crippen LogP contribution is -2.71. The maximum absolute atomic E-state index is 6.30. The van der Waals surface area contributed by atoms with Crippen LogP contribution in [0, 0.1) is 11.8 Å². The van der Waals surface area contributed by atoms with Crippen LogP contribution in [0.4, 0.5) is 0 Å². The first kappa shape index (κ1) is 16.3. The summed E-state index contributed by atoms with van der Waals surface area (Å²) in [7, 11) is 2.17. The largest absolute Gasteiger partial charge is 0.328 e. The van der Waals surface area contributed by atoms with Crippen molar-refractivity contribution < 1.29 is 0 Å². The first-order valence-electron chi connectivity index (χ1n) is 9.95. The quantitative estimate of drug-likeness (QED) is 0.615. The zero-order valence-corrected chi connectivity index (χ0v) is 14.6. The first-order chi connectivity index (χ1) is 11.2. The average Bonchev–Trinajstić information content (AvgIpc) is 3.00. The molecule has 0 bridgehead atoms. The summed E-state index contributed by atoms with van der Waals surface area (Å²) in [6, 6.07) is 2.21. The van der Waals surface area contributed by atoms with Crippen LogP contribution in [0.25, 0.3) is 0 Å². The lowest BCUT2D eigenvalue weighted by Gasteiger charge is -2.51. The van der Waals surface area contributed by atoms with Gasteiger partial charge >= 0.3 is 0 Å². The average molecular weight is 322 g/mol. The molecule has 0 aromatic heterocycles. The van der Waals surface area contributed by atoms with E-state index in [0.717, 1.165) is 18.3 Å². The third-order valence-corrected chi connectivity index (χ3v) is 6.89. The van der Waals surface area contributed by atoms with E-state index in [1.807, 2.05) is 0 Å². The SMILES string of the molecule is CN1CCC(C2NC(C3CCCCC3)NC3CC(N)CCC32)N1. The van der Waals surface area contributed by atoms with E-state index in [9.17, 15) is 0 Å². The van der Waals surface area contributed by atoms with Gasteiger partial charge in [0.25, 0.3) is 0 Å². The standard InChI is InChI=1S/C18H35N5/c1-23-10-9-15(22-23)17-14-8-7-13(19)11-16(14)20-18(21-17)12-5-3-2-4-6-12/h12-18,20-22H,2-11,19H2,1H3. The highest BCUT2D eigenvalue weighted by atomic mass is 15.5. The van der Waals surface area contributed by atoms with Crippen LogP contribution in [0.5, 0.6) is 0 Å². The maximum atomic E-state index is 6.30. The van der Waals surface area contributed by atoms with Crippen LogP contribution in [0.1, 0.15) is 57.8 Å². The smallest absolute Gasteiger partial charge is 0.0605 e. The molecule has 2 aliphatic carbocycles. The Morgan fingerprint density at radius 3 is 2.48 bits per heavy atom. The van der Waals surface area contributed by atoms with Crippen LogP contribution >= 0.6 is 0 Å². The summed E-state index contributed by atoms with van der Waals surface area (Å²) < 4.78 is 0. The number of fused-ring (bicyclic) bond motifs is 1.